The molecule has 0 aliphatic heterocycles. The highest BCUT2D eigenvalue weighted by Gasteiger charge is 2.10. The number of hydrogen-bond donors (Lipinski definition) is 1. The number of carbonyl (C=O) groups excluding carboxylic acids is 1. The summed E-state index contributed by atoms with van der Waals surface area (Å²) in [5.74, 6) is -0.121. The molecule has 0 fully saturated rings. The van der Waals surface area contributed by atoms with Gasteiger partial charge in [-0.2, -0.15) is 5.10 Å². The van der Waals surface area contributed by atoms with Crippen molar-refractivity contribution in [2.45, 2.75) is 13.0 Å². The van der Waals surface area contributed by atoms with Gasteiger partial charge in [0, 0.05) is 42.3 Å². The predicted molar refractivity (Wildman–Crippen MR) is 123 cm³/mol. The van der Waals surface area contributed by atoms with Gasteiger partial charge in [0.25, 0.3) is 0 Å². The molecule has 2 aromatic heterocycles. The lowest BCUT2D eigenvalue weighted by Crippen LogP contribution is -2.23. The lowest BCUT2D eigenvalue weighted by molar-refractivity contribution is -0.116. The first-order valence-electron chi connectivity index (χ1n) is 10.3. The molecule has 2 heterocycles. The number of carbonyl (C=O) groups is 1. The van der Waals surface area contributed by atoms with Crippen molar-refractivity contribution in [2.24, 2.45) is 0 Å². The molecule has 0 spiro atoms. The topological polar surface area (TPSA) is 59.8 Å². The molecule has 0 radical (unpaired) electrons. The fourth-order valence-corrected chi connectivity index (χ4v) is 3.34. The summed E-state index contributed by atoms with van der Waals surface area (Å²) in [6.45, 7) is 1.25. The van der Waals surface area contributed by atoms with E-state index >= 15 is 0 Å². The third kappa shape index (κ3) is 5.76. The molecule has 0 saturated carbocycles. The zero-order valence-electron chi connectivity index (χ0n) is 17.2. The minimum atomic E-state index is -0.121. The molecular formula is C26H24N4O. The van der Waals surface area contributed by atoms with Crippen LogP contribution in [-0.4, -0.2) is 27.2 Å². The van der Waals surface area contributed by atoms with Gasteiger partial charge in [-0.1, -0.05) is 60.7 Å². The second kappa shape index (κ2) is 10.2. The van der Waals surface area contributed by atoms with Crippen LogP contribution in [0, 0.1) is 0 Å². The van der Waals surface area contributed by atoms with Crippen molar-refractivity contribution in [3.63, 3.8) is 0 Å². The highest BCUT2D eigenvalue weighted by atomic mass is 16.1. The fourth-order valence-electron chi connectivity index (χ4n) is 3.34. The summed E-state index contributed by atoms with van der Waals surface area (Å²) in [6.07, 6.45) is 9.66. The van der Waals surface area contributed by atoms with Crippen molar-refractivity contribution in [3.05, 3.63) is 114 Å². The van der Waals surface area contributed by atoms with Crippen molar-refractivity contribution in [3.8, 4) is 11.3 Å². The summed E-state index contributed by atoms with van der Waals surface area (Å²) in [5, 5.41) is 7.69. The number of nitrogens with zero attached hydrogens (tertiary/aromatic N) is 3. The summed E-state index contributed by atoms with van der Waals surface area (Å²) in [5.41, 5.74) is 4.96. The normalized spacial score (nSPS) is 11.0. The number of aromatic nitrogens is 3. The van der Waals surface area contributed by atoms with Crippen LogP contribution >= 0.6 is 0 Å². The number of nitrogens with one attached hydrogen (secondary N) is 1. The third-order valence-corrected chi connectivity index (χ3v) is 4.88. The van der Waals surface area contributed by atoms with E-state index in [1.807, 2.05) is 65.5 Å². The smallest absolute Gasteiger partial charge is 0.244 e. The van der Waals surface area contributed by atoms with E-state index in [2.05, 4.69) is 34.6 Å². The Hall–Kier alpha value is -3.99. The first kappa shape index (κ1) is 20.3. The zero-order valence-corrected chi connectivity index (χ0v) is 17.2. The minimum absolute atomic E-state index is 0.121. The van der Waals surface area contributed by atoms with Crippen molar-refractivity contribution in [1.29, 1.82) is 0 Å². The molecule has 1 amide bonds. The maximum Gasteiger partial charge on any atom is 0.244 e. The van der Waals surface area contributed by atoms with E-state index in [4.69, 9.17) is 5.10 Å². The standard InChI is InChI=1S/C26H24N4O/c31-25(28-17-15-21-8-3-1-4-9-21)14-13-24-20-30(19-22-10-5-2-6-11-22)29-26(24)23-12-7-16-27-18-23/h1-14,16,18,20H,15,17,19H2,(H,28,31)/b14-13+. The fraction of sp³-hybridized carbons (Fsp3) is 0.115. The Morgan fingerprint density at radius 1 is 0.935 bits per heavy atom. The van der Waals surface area contributed by atoms with E-state index in [1.54, 1.807) is 18.5 Å². The predicted octanol–water partition coefficient (Wildman–Crippen LogP) is 4.37. The molecule has 0 atom stereocenters. The number of pyridine rings is 1. The van der Waals surface area contributed by atoms with Gasteiger partial charge in [0.2, 0.25) is 5.91 Å². The largest absolute Gasteiger partial charge is 0.352 e. The number of benzene rings is 2. The molecule has 4 rings (SSSR count). The molecule has 31 heavy (non-hydrogen) atoms. The van der Waals surface area contributed by atoms with E-state index < -0.39 is 0 Å². The molecule has 4 aromatic rings. The van der Waals surface area contributed by atoms with Crippen molar-refractivity contribution >= 4 is 12.0 Å². The van der Waals surface area contributed by atoms with Gasteiger partial charge in [-0.05, 0) is 35.8 Å². The first-order chi connectivity index (χ1) is 15.3. The Bertz CT molecular complexity index is 1140. The monoisotopic (exact) mass is 408 g/mol. The van der Waals surface area contributed by atoms with Crippen LogP contribution in [0.2, 0.25) is 0 Å². The maximum atomic E-state index is 12.3. The van der Waals surface area contributed by atoms with Crippen LogP contribution in [0.4, 0.5) is 0 Å². The van der Waals surface area contributed by atoms with Gasteiger partial charge in [-0.15, -0.1) is 0 Å². The number of amides is 1. The van der Waals surface area contributed by atoms with Gasteiger partial charge in [-0.25, -0.2) is 0 Å². The molecule has 0 aliphatic rings. The van der Waals surface area contributed by atoms with Gasteiger partial charge < -0.3 is 5.32 Å². The summed E-state index contributed by atoms with van der Waals surface area (Å²) in [4.78, 5) is 16.5. The molecule has 154 valence electrons. The van der Waals surface area contributed by atoms with Crippen LogP contribution in [0.15, 0.2) is 97.5 Å². The van der Waals surface area contributed by atoms with E-state index in [1.165, 1.54) is 5.56 Å². The van der Waals surface area contributed by atoms with Gasteiger partial charge in [0.1, 0.15) is 5.69 Å². The quantitative estimate of drug-likeness (QED) is 0.441. The molecule has 1 N–H and O–H groups in total. The Labute approximate surface area is 182 Å². The van der Waals surface area contributed by atoms with E-state index in [9.17, 15) is 4.79 Å². The zero-order chi connectivity index (χ0) is 21.3. The average molecular weight is 409 g/mol. The maximum absolute atomic E-state index is 12.3. The van der Waals surface area contributed by atoms with Crippen LogP contribution < -0.4 is 5.32 Å². The first-order valence-corrected chi connectivity index (χ1v) is 10.3. The van der Waals surface area contributed by atoms with Crippen molar-refractivity contribution in [1.82, 2.24) is 20.1 Å². The molecule has 0 saturated heterocycles. The van der Waals surface area contributed by atoms with Gasteiger partial charge in [0.05, 0.1) is 6.54 Å². The third-order valence-electron chi connectivity index (χ3n) is 4.88. The second-order valence-electron chi connectivity index (χ2n) is 7.22. The van der Waals surface area contributed by atoms with Crippen LogP contribution in [0.5, 0.6) is 0 Å². The van der Waals surface area contributed by atoms with E-state index in [0.29, 0.717) is 13.1 Å². The Balaban J connectivity index is 1.47. The Morgan fingerprint density at radius 3 is 2.39 bits per heavy atom. The number of hydrogen-bond acceptors (Lipinski definition) is 3. The second-order valence-corrected chi connectivity index (χ2v) is 7.22. The van der Waals surface area contributed by atoms with Crippen LogP contribution in [0.3, 0.4) is 0 Å². The summed E-state index contributed by atoms with van der Waals surface area (Å²) in [6, 6.07) is 24.1. The van der Waals surface area contributed by atoms with Crippen LogP contribution in [0.1, 0.15) is 16.7 Å². The van der Waals surface area contributed by atoms with Crippen LogP contribution in [0.25, 0.3) is 17.3 Å². The molecule has 0 aliphatic carbocycles. The van der Waals surface area contributed by atoms with Gasteiger partial charge >= 0.3 is 0 Å². The average Bonchev–Trinajstić information content (AvgIpc) is 3.22. The van der Waals surface area contributed by atoms with Crippen molar-refractivity contribution in [2.75, 3.05) is 6.54 Å². The van der Waals surface area contributed by atoms with E-state index in [0.717, 1.165) is 28.8 Å². The summed E-state index contributed by atoms with van der Waals surface area (Å²) >= 11 is 0. The minimum Gasteiger partial charge on any atom is -0.352 e. The molecule has 0 bridgehead atoms. The van der Waals surface area contributed by atoms with Crippen LogP contribution in [-0.2, 0) is 17.8 Å². The molecule has 2 aromatic carbocycles. The summed E-state index contributed by atoms with van der Waals surface area (Å²) in [7, 11) is 0. The Morgan fingerprint density at radius 2 is 1.68 bits per heavy atom. The lowest BCUT2D eigenvalue weighted by atomic mass is 10.1. The molecule has 0 unspecified atom stereocenters. The van der Waals surface area contributed by atoms with E-state index in [-0.39, 0.29) is 5.91 Å². The van der Waals surface area contributed by atoms with Gasteiger partial charge in [0.15, 0.2) is 0 Å². The Kier molecular flexibility index (Phi) is 6.65. The van der Waals surface area contributed by atoms with Crippen molar-refractivity contribution < 1.29 is 4.79 Å². The van der Waals surface area contributed by atoms with Gasteiger partial charge in [-0.3, -0.25) is 14.5 Å². The highest BCUT2D eigenvalue weighted by molar-refractivity contribution is 5.92. The lowest BCUT2D eigenvalue weighted by Gasteiger charge is -2.02. The number of rotatable bonds is 8. The molecule has 5 nitrogen and oxygen atoms in total. The highest BCUT2D eigenvalue weighted by Crippen LogP contribution is 2.23. The molecular weight excluding hydrogens is 384 g/mol. The summed E-state index contributed by atoms with van der Waals surface area (Å²) < 4.78 is 1.89. The SMILES string of the molecule is O=C(/C=C/c1cn(Cc2ccccc2)nc1-c1cccnc1)NCCc1ccccc1. The molecule has 5 heteroatoms.